The smallest absolute Gasteiger partial charge is 0.317 e. The molecule has 2 rings (SSSR count). The molecule has 0 radical (unpaired) electrons. The molecule has 0 aromatic carbocycles. The van der Waals surface area contributed by atoms with Crippen LogP contribution >= 0.6 is 0 Å². The van der Waals surface area contributed by atoms with Gasteiger partial charge in [-0.05, 0) is 31.4 Å². The molecule has 1 aliphatic heterocycles. The Morgan fingerprint density at radius 2 is 2.29 bits per heavy atom. The van der Waals surface area contributed by atoms with Gasteiger partial charge in [-0.15, -0.1) is 0 Å². The summed E-state index contributed by atoms with van der Waals surface area (Å²) in [4.78, 5) is 29.4. The summed E-state index contributed by atoms with van der Waals surface area (Å²) in [6.45, 7) is 3.09. The van der Waals surface area contributed by atoms with Crippen LogP contribution in [-0.2, 0) is 11.3 Å². The van der Waals surface area contributed by atoms with E-state index in [0.717, 1.165) is 12.1 Å². The van der Waals surface area contributed by atoms with Crippen molar-refractivity contribution in [3.63, 3.8) is 0 Å². The highest BCUT2D eigenvalue weighted by Gasteiger charge is 2.42. The molecule has 1 aliphatic rings. The number of likely N-dealkylation sites (tertiary alicyclic amines) is 1. The molecule has 1 aromatic rings. The molecule has 0 spiro atoms. The summed E-state index contributed by atoms with van der Waals surface area (Å²) in [5.41, 5.74) is -0.0246. The van der Waals surface area contributed by atoms with Crippen LogP contribution in [0.5, 0.6) is 0 Å². The minimum absolute atomic E-state index is 0.223. The van der Waals surface area contributed by atoms with E-state index in [2.05, 4.69) is 10.3 Å². The number of carboxylic acid groups (broad SMARTS) is 1. The third-order valence-corrected chi connectivity index (χ3v) is 4.14. The number of nitrogens with one attached hydrogen (secondary N) is 1. The molecule has 0 saturated carbocycles. The zero-order chi connectivity index (χ0) is 15.3. The fourth-order valence-corrected chi connectivity index (χ4v) is 2.70. The summed E-state index contributed by atoms with van der Waals surface area (Å²) < 4.78 is 0. The molecule has 21 heavy (non-hydrogen) atoms. The predicted molar refractivity (Wildman–Crippen MR) is 77.6 cm³/mol. The number of aromatic nitrogens is 1. The third kappa shape index (κ3) is 3.51. The predicted octanol–water partition coefficient (Wildman–Crippen LogP) is 1.87. The highest BCUT2D eigenvalue weighted by molar-refractivity contribution is 5.78. The number of pyridine rings is 1. The van der Waals surface area contributed by atoms with Gasteiger partial charge >= 0.3 is 12.0 Å². The molecule has 1 unspecified atom stereocenters. The van der Waals surface area contributed by atoms with Crippen LogP contribution < -0.4 is 5.32 Å². The second-order valence-corrected chi connectivity index (χ2v) is 5.44. The molecule has 2 heterocycles. The largest absolute Gasteiger partial charge is 0.481 e. The van der Waals surface area contributed by atoms with Gasteiger partial charge in [0.2, 0.25) is 0 Å². The summed E-state index contributed by atoms with van der Waals surface area (Å²) in [5.74, 6) is -0.813. The molecule has 6 nitrogen and oxygen atoms in total. The summed E-state index contributed by atoms with van der Waals surface area (Å²) >= 11 is 0. The van der Waals surface area contributed by atoms with E-state index in [1.807, 2.05) is 25.1 Å². The van der Waals surface area contributed by atoms with Crippen molar-refractivity contribution in [1.82, 2.24) is 15.2 Å². The Morgan fingerprint density at radius 1 is 1.48 bits per heavy atom. The van der Waals surface area contributed by atoms with Crippen molar-refractivity contribution in [1.29, 1.82) is 0 Å². The molecule has 1 aromatic heterocycles. The zero-order valence-corrected chi connectivity index (χ0v) is 12.2. The first-order valence-corrected chi connectivity index (χ1v) is 7.23. The first-order valence-electron chi connectivity index (χ1n) is 7.23. The quantitative estimate of drug-likeness (QED) is 0.887. The number of hydrogen-bond donors (Lipinski definition) is 2. The van der Waals surface area contributed by atoms with Crippen LogP contribution in [0.3, 0.4) is 0 Å². The van der Waals surface area contributed by atoms with Gasteiger partial charge in [0, 0.05) is 19.3 Å². The van der Waals surface area contributed by atoms with E-state index >= 15 is 0 Å². The van der Waals surface area contributed by atoms with Crippen molar-refractivity contribution in [3.05, 3.63) is 30.1 Å². The Labute approximate surface area is 124 Å². The second kappa shape index (κ2) is 6.56. The van der Waals surface area contributed by atoms with Gasteiger partial charge < -0.3 is 15.3 Å². The standard InChI is InChI=1S/C15H21N3O3/c1-2-15(13(19)20)7-5-9-18(11-15)14(21)17-10-12-6-3-4-8-16-12/h3-4,6,8H,2,5,7,9-11H2,1H3,(H,17,21)(H,19,20). The number of nitrogens with zero attached hydrogens (tertiary/aromatic N) is 2. The lowest BCUT2D eigenvalue weighted by molar-refractivity contribution is -0.152. The van der Waals surface area contributed by atoms with Gasteiger partial charge in [-0.25, -0.2) is 4.79 Å². The number of amides is 2. The van der Waals surface area contributed by atoms with Crippen LogP contribution in [0.15, 0.2) is 24.4 Å². The molecular weight excluding hydrogens is 270 g/mol. The van der Waals surface area contributed by atoms with E-state index in [9.17, 15) is 14.7 Å². The molecule has 1 fully saturated rings. The first-order chi connectivity index (χ1) is 10.1. The molecule has 114 valence electrons. The monoisotopic (exact) mass is 291 g/mol. The van der Waals surface area contributed by atoms with Crippen LogP contribution in [0.25, 0.3) is 0 Å². The fraction of sp³-hybridized carbons (Fsp3) is 0.533. The lowest BCUT2D eigenvalue weighted by Crippen LogP contribution is -2.52. The van der Waals surface area contributed by atoms with Crippen LogP contribution in [0.1, 0.15) is 31.9 Å². The molecule has 2 N–H and O–H groups in total. The number of hydrogen-bond acceptors (Lipinski definition) is 3. The molecular formula is C15H21N3O3. The fourth-order valence-electron chi connectivity index (χ4n) is 2.70. The normalized spacial score (nSPS) is 21.9. The highest BCUT2D eigenvalue weighted by Crippen LogP contribution is 2.33. The number of carbonyl (C=O) groups is 2. The number of rotatable bonds is 4. The van der Waals surface area contributed by atoms with Crippen molar-refractivity contribution >= 4 is 12.0 Å². The average Bonchev–Trinajstić information content (AvgIpc) is 2.53. The van der Waals surface area contributed by atoms with E-state index in [0.29, 0.717) is 25.9 Å². The molecule has 0 aliphatic carbocycles. The highest BCUT2D eigenvalue weighted by atomic mass is 16.4. The van der Waals surface area contributed by atoms with Crippen molar-refractivity contribution < 1.29 is 14.7 Å². The zero-order valence-electron chi connectivity index (χ0n) is 12.2. The van der Waals surface area contributed by atoms with Crippen LogP contribution in [-0.4, -0.2) is 40.1 Å². The molecule has 1 saturated heterocycles. The number of piperidine rings is 1. The Bertz CT molecular complexity index is 506. The Kier molecular flexibility index (Phi) is 4.77. The number of urea groups is 1. The summed E-state index contributed by atoms with van der Waals surface area (Å²) in [6, 6.07) is 5.30. The topological polar surface area (TPSA) is 82.5 Å². The first kappa shape index (κ1) is 15.3. The van der Waals surface area contributed by atoms with E-state index in [1.165, 1.54) is 0 Å². The molecule has 2 amide bonds. The van der Waals surface area contributed by atoms with Gasteiger partial charge in [-0.2, -0.15) is 0 Å². The van der Waals surface area contributed by atoms with Gasteiger partial charge in [-0.1, -0.05) is 13.0 Å². The number of carbonyl (C=O) groups excluding carboxylic acids is 1. The lowest BCUT2D eigenvalue weighted by atomic mass is 9.78. The maximum absolute atomic E-state index is 12.2. The summed E-state index contributed by atoms with van der Waals surface area (Å²) in [5, 5.41) is 12.2. The molecule has 6 heteroatoms. The summed E-state index contributed by atoms with van der Waals surface area (Å²) in [7, 11) is 0. The van der Waals surface area contributed by atoms with Crippen molar-refractivity contribution in [2.45, 2.75) is 32.7 Å². The van der Waals surface area contributed by atoms with E-state index < -0.39 is 11.4 Å². The number of aliphatic carboxylic acids is 1. The number of carboxylic acids is 1. The third-order valence-electron chi connectivity index (χ3n) is 4.14. The van der Waals surface area contributed by atoms with E-state index in [1.54, 1.807) is 11.1 Å². The van der Waals surface area contributed by atoms with Gasteiger partial charge in [0.05, 0.1) is 17.7 Å². The second-order valence-electron chi connectivity index (χ2n) is 5.44. The van der Waals surface area contributed by atoms with Crippen molar-refractivity contribution in [2.75, 3.05) is 13.1 Å². The SMILES string of the molecule is CCC1(C(=O)O)CCCN(C(=O)NCc2ccccn2)C1. The maximum atomic E-state index is 12.2. The van der Waals surface area contributed by atoms with Crippen LogP contribution in [0, 0.1) is 5.41 Å². The average molecular weight is 291 g/mol. The van der Waals surface area contributed by atoms with Gasteiger partial charge in [0.1, 0.15) is 0 Å². The van der Waals surface area contributed by atoms with Crippen molar-refractivity contribution in [3.8, 4) is 0 Å². The lowest BCUT2D eigenvalue weighted by Gasteiger charge is -2.39. The van der Waals surface area contributed by atoms with E-state index in [-0.39, 0.29) is 12.6 Å². The summed E-state index contributed by atoms with van der Waals surface area (Å²) in [6.07, 6.45) is 3.56. The van der Waals surface area contributed by atoms with E-state index in [4.69, 9.17) is 0 Å². The van der Waals surface area contributed by atoms with Crippen molar-refractivity contribution in [2.24, 2.45) is 5.41 Å². The van der Waals surface area contributed by atoms with Crippen LogP contribution in [0.4, 0.5) is 4.79 Å². The van der Waals surface area contributed by atoms with Crippen LogP contribution in [0.2, 0.25) is 0 Å². The Balaban J connectivity index is 1.94. The molecule has 0 bridgehead atoms. The minimum Gasteiger partial charge on any atom is -0.481 e. The van der Waals surface area contributed by atoms with Gasteiger partial charge in [0.25, 0.3) is 0 Å². The molecule has 1 atom stereocenters. The van der Waals surface area contributed by atoms with Gasteiger partial charge in [0.15, 0.2) is 0 Å². The maximum Gasteiger partial charge on any atom is 0.317 e. The Hall–Kier alpha value is -2.11. The Morgan fingerprint density at radius 3 is 2.90 bits per heavy atom. The van der Waals surface area contributed by atoms with Gasteiger partial charge in [-0.3, -0.25) is 9.78 Å². The minimum atomic E-state index is -0.813.